The van der Waals surface area contributed by atoms with Crippen molar-refractivity contribution in [1.82, 2.24) is 10.3 Å². The van der Waals surface area contributed by atoms with Gasteiger partial charge in [-0.2, -0.15) is 0 Å². The summed E-state index contributed by atoms with van der Waals surface area (Å²) in [6, 6.07) is 4.68. The van der Waals surface area contributed by atoms with Gasteiger partial charge in [0.1, 0.15) is 23.7 Å². The molecule has 4 N–H and O–H groups in total. The molecule has 1 fully saturated rings. The number of rotatable bonds is 4. The smallest absolute Gasteiger partial charge is 0.217 e. The number of carbonyl (C=O) groups excluding carboxylic acids is 1. The number of aliphatic hydroxyl groups excluding tert-OH is 3. The van der Waals surface area contributed by atoms with Gasteiger partial charge in [-0.15, -0.1) is 0 Å². The van der Waals surface area contributed by atoms with Crippen LogP contribution in [-0.2, 0) is 9.53 Å². The molecule has 5 atom stereocenters. The van der Waals surface area contributed by atoms with Crippen molar-refractivity contribution in [3.05, 3.63) is 23.9 Å². The van der Waals surface area contributed by atoms with Gasteiger partial charge in [0.15, 0.2) is 0 Å². The van der Waals surface area contributed by atoms with E-state index in [0.717, 1.165) is 5.69 Å². The first kappa shape index (κ1) is 17.2. The summed E-state index contributed by atoms with van der Waals surface area (Å²) in [5.74, 6) is -0.343. The molecule has 2 rings (SSSR count). The molecule has 1 aliphatic heterocycles. The van der Waals surface area contributed by atoms with Gasteiger partial charge in [-0.05, 0) is 19.1 Å². The zero-order chi connectivity index (χ0) is 16.3. The van der Waals surface area contributed by atoms with E-state index in [0.29, 0.717) is 5.03 Å². The Labute approximate surface area is 132 Å². The third-order valence-corrected chi connectivity index (χ3v) is 4.46. The molecule has 1 aromatic rings. The fourth-order valence-corrected chi connectivity index (χ4v) is 3.44. The van der Waals surface area contributed by atoms with E-state index in [4.69, 9.17) is 4.74 Å². The van der Waals surface area contributed by atoms with Gasteiger partial charge >= 0.3 is 0 Å². The fourth-order valence-electron chi connectivity index (χ4n) is 2.27. The molecule has 0 radical (unpaired) electrons. The molecule has 0 bridgehead atoms. The van der Waals surface area contributed by atoms with Crippen LogP contribution in [0.5, 0.6) is 0 Å². The minimum atomic E-state index is -1.27. The van der Waals surface area contributed by atoms with E-state index in [1.807, 2.05) is 19.1 Å². The number of aliphatic hydroxyl groups is 3. The predicted molar refractivity (Wildman–Crippen MR) is 80.2 cm³/mol. The van der Waals surface area contributed by atoms with Gasteiger partial charge < -0.3 is 25.4 Å². The highest BCUT2D eigenvalue weighted by atomic mass is 32.2. The SMILES string of the molecule is CC(=O)N[C@H]1[C@H](O)[C@@H](O)[C@@H](CO)O[C@H]1Sc1cccc(C)n1. The third-order valence-electron chi connectivity index (χ3n) is 3.35. The minimum absolute atomic E-state index is 0.343. The van der Waals surface area contributed by atoms with Crippen molar-refractivity contribution in [3.8, 4) is 0 Å². The molecule has 0 unspecified atom stereocenters. The summed E-state index contributed by atoms with van der Waals surface area (Å²) in [5.41, 5.74) is 0.157. The second kappa shape index (κ2) is 7.38. The van der Waals surface area contributed by atoms with Crippen LogP contribution in [0, 0.1) is 6.92 Å². The largest absolute Gasteiger partial charge is 0.394 e. The van der Waals surface area contributed by atoms with Crippen molar-refractivity contribution in [2.24, 2.45) is 0 Å². The van der Waals surface area contributed by atoms with Crippen LogP contribution >= 0.6 is 11.8 Å². The van der Waals surface area contributed by atoms with Gasteiger partial charge in [0.2, 0.25) is 5.91 Å². The number of hydrogen-bond donors (Lipinski definition) is 4. The molecule has 0 spiro atoms. The van der Waals surface area contributed by atoms with Gasteiger partial charge in [0.25, 0.3) is 0 Å². The number of nitrogens with one attached hydrogen (secondary N) is 1. The van der Waals surface area contributed by atoms with Crippen LogP contribution in [0.3, 0.4) is 0 Å². The molecule has 7 nitrogen and oxygen atoms in total. The Morgan fingerprint density at radius 3 is 2.73 bits per heavy atom. The summed E-state index contributed by atoms with van der Waals surface area (Å²) in [5, 5.41) is 32.7. The number of nitrogens with zero attached hydrogens (tertiary/aromatic N) is 1. The normalized spacial score (nSPS) is 31.8. The van der Waals surface area contributed by atoms with Gasteiger partial charge in [0, 0.05) is 12.6 Å². The Bertz CT molecular complexity index is 530. The molecule has 0 aliphatic carbocycles. The van der Waals surface area contributed by atoms with E-state index in [1.54, 1.807) is 6.07 Å². The monoisotopic (exact) mass is 328 g/mol. The van der Waals surface area contributed by atoms with Crippen LogP contribution < -0.4 is 5.32 Å². The highest BCUT2D eigenvalue weighted by Gasteiger charge is 2.45. The number of aryl methyl sites for hydroxylation is 1. The van der Waals surface area contributed by atoms with Gasteiger partial charge in [0.05, 0.1) is 17.7 Å². The van der Waals surface area contributed by atoms with Crippen molar-refractivity contribution < 1.29 is 24.9 Å². The van der Waals surface area contributed by atoms with Crippen LogP contribution in [0.15, 0.2) is 23.2 Å². The molecule has 2 heterocycles. The van der Waals surface area contributed by atoms with Crippen LogP contribution in [-0.4, -0.2) is 62.6 Å². The number of amides is 1. The highest BCUT2D eigenvalue weighted by molar-refractivity contribution is 7.99. The summed E-state index contributed by atoms with van der Waals surface area (Å²) in [4.78, 5) is 15.7. The first-order chi connectivity index (χ1) is 10.4. The maximum atomic E-state index is 11.3. The highest BCUT2D eigenvalue weighted by Crippen LogP contribution is 2.32. The molecule has 1 aromatic heterocycles. The van der Waals surface area contributed by atoms with Crippen LogP contribution in [0.25, 0.3) is 0 Å². The maximum absolute atomic E-state index is 11.3. The molecule has 122 valence electrons. The van der Waals surface area contributed by atoms with Gasteiger partial charge in [-0.1, -0.05) is 17.8 Å². The number of pyridine rings is 1. The van der Waals surface area contributed by atoms with Crippen molar-refractivity contribution in [2.45, 2.75) is 48.7 Å². The van der Waals surface area contributed by atoms with Gasteiger partial charge in [-0.25, -0.2) is 4.98 Å². The first-order valence-corrected chi connectivity index (χ1v) is 7.80. The molecular formula is C14H20N2O5S. The van der Waals surface area contributed by atoms with Crippen LogP contribution in [0.4, 0.5) is 0 Å². The average Bonchev–Trinajstić information content (AvgIpc) is 2.46. The predicted octanol–water partition coefficient (Wildman–Crippen LogP) is -0.574. The van der Waals surface area contributed by atoms with Crippen LogP contribution in [0.1, 0.15) is 12.6 Å². The fraction of sp³-hybridized carbons (Fsp3) is 0.571. The summed E-state index contributed by atoms with van der Waals surface area (Å²) in [6.45, 7) is 2.75. The van der Waals surface area contributed by atoms with E-state index in [2.05, 4.69) is 10.3 Å². The lowest BCUT2D eigenvalue weighted by molar-refractivity contribution is -0.173. The average molecular weight is 328 g/mol. The molecule has 0 aromatic carbocycles. The summed E-state index contributed by atoms with van der Waals surface area (Å²) in [6.07, 6.45) is -3.43. The zero-order valence-electron chi connectivity index (χ0n) is 12.3. The maximum Gasteiger partial charge on any atom is 0.217 e. The summed E-state index contributed by atoms with van der Waals surface area (Å²) in [7, 11) is 0. The van der Waals surface area contributed by atoms with E-state index in [-0.39, 0.29) is 5.91 Å². The Morgan fingerprint density at radius 1 is 1.41 bits per heavy atom. The van der Waals surface area contributed by atoms with Crippen LogP contribution in [0.2, 0.25) is 0 Å². The quantitative estimate of drug-likeness (QED) is 0.585. The van der Waals surface area contributed by atoms with E-state index >= 15 is 0 Å². The lowest BCUT2D eigenvalue weighted by atomic mass is 9.98. The van der Waals surface area contributed by atoms with Crippen molar-refractivity contribution >= 4 is 17.7 Å². The third kappa shape index (κ3) is 3.96. The van der Waals surface area contributed by atoms with Crippen molar-refractivity contribution in [1.29, 1.82) is 0 Å². The number of carbonyl (C=O) groups is 1. The van der Waals surface area contributed by atoms with Crippen molar-refractivity contribution in [2.75, 3.05) is 6.61 Å². The zero-order valence-corrected chi connectivity index (χ0v) is 13.2. The Kier molecular flexibility index (Phi) is 5.76. The number of aromatic nitrogens is 1. The van der Waals surface area contributed by atoms with E-state index in [9.17, 15) is 20.1 Å². The summed E-state index contributed by atoms with van der Waals surface area (Å²) < 4.78 is 5.62. The molecular weight excluding hydrogens is 308 g/mol. The molecule has 1 saturated heterocycles. The molecule has 22 heavy (non-hydrogen) atoms. The van der Waals surface area contributed by atoms with E-state index in [1.165, 1.54) is 18.7 Å². The molecule has 0 saturated carbocycles. The second-order valence-electron chi connectivity index (χ2n) is 5.17. The number of ether oxygens (including phenoxy) is 1. The summed E-state index contributed by atoms with van der Waals surface area (Å²) >= 11 is 1.22. The lowest BCUT2D eigenvalue weighted by Gasteiger charge is -2.42. The Balaban J connectivity index is 2.21. The van der Waals surface area contributed by atoms with Crippen molar-refractivity contribution in [3.63, 3.8) is 0 Å². The Morgan fingerprint density at radius 2 is 2.14 bits per heavy atom. The topological polar surface area (TPSA) is 112 Å². The lowest BCUT2D eigenvalue weighted by Crippen LogP contribution is -2.63. The van der Waals surface area contributed by atoms with Gasteiger partial charge in [-0.3, -0.25) is 4.79 Å². The standard InChI is InChI=1S/C14H20N2O5S/c1-7-4-3-5-10(15-7)22-14-11(16-8(2)18)13(20)12(19)9(6-17)21-14/h3-5,9,11-14,17,19-20H,6H2,1-2H3,(H,16,18)/t9-,11+,12+,13+,14+/m1/s1. The minimum Gasteiger partial charge on any atom is -0.394 e. The number of hydrogen-bond acceptors (Lipinski definition) is 7. The van der Waals surface area contributed by atoms with E-state index < -0.39 is 36.4 Å². The number of thioether (sulfide) groups is 1. The molecule has 1 aliphatic rings. The first-order valence-electron chi connectivity index (χ1n) is 6.92. The second-order valence-corrected chi connectivity index (χ2v) is 6.29. The molecule has 8 heteroatoms. The Hall–Kier alpha value is -1.19. The molecule has 1 amide bonds.